The lowest BCUT2D eigenvalue weighted by Gasteiger charge is -2.16. The first kappa shape index (κ1) is 15.5. The zero-order valence-corrected chi connectivity index (χ0v) is 13.0. The SMILES string of the molecule is CC(CNCc1cccnc1)Oc1ccc(C(C)C)cc1. The van der Waals surface area contributed by atoms with Crippen LogP contribution in [-0.4, -0.2) is 17.6 Å². The molecule has 0 saturated carbocycles. The smallest absolute Gasteiger partial charge is 0.119 e. The van der Waals surface area contributed by atoms with Crippen molar-refractivity contribution in [3.63, 3.8) is 0 Å². The second-order valence-corrected chi connectivity index (χ2v) is 5.64. The van der Waals surface area contributed by atoms with Crippen LogP contribution in [0.3, 0.4) is 0 Å². The van der Waals surface area contributed by atoms with Crippen LogP contribution in [0.2, 0.25) is 0 Å². The highest BCUT2D eigenvalue weighted by atomic mass is 16.5. The fourth-order valence-corrected chi connectivity index (χ4v) is 2.13. The number of hydrogen-bond acceptors (Lipinski definition) is 3. The Hall–Kier alpha value is -1.87. The Bertz CT molecular complexity index is 523. The Balaban J connectivity index is 1.75. The van der Waals surface area contributed by atoms with E-state index in [1.807, 2.05) is 24.4 Å². The van der Waals surface area contributed by atoms with E-state index >= 15 is 0 Å². The number of hydrogen-bond donors (Lipinski definition) is 1. The van der Waals surface area contributed by atoms with Gasteiger partial charge in [-0.05, 0) is 42.2 Å². The van der Waals surface area contributed by atoms with E-state index < -0.39 is 0 Å². The molecule has 0 bridgehead atoms. The molecule has 0 spiro atoms. The first-order chi connectivity index (χ1) is 10.1. The van der Waals surface area contributed by atoms with Crippen molar-refractivity contribution < 1.29 is 4.74 Å². The molecule has 1 N–H and O–H groups in total. The lowest BCUT2D eigenvalue weighted by molar-refractivity contribution is 0.217. The molecule has 112 valence electrons. The second kappa shape index (κ2) is 7.79. The summed E-state index contributed by atoms with van der Waals surface area (Å²) in [6.45, 7) is 8.09. The van der Waals surface area contributed by atoms with Gasteiger partial charge in [0.05, 0.1) is 0 Å². The molecule has 1 aromatic heterocycles. The largest absolute Gasteiger partial charge is 0.489 e. The van der Waals surface area contributed by atoms with Crippen LogP contribution in [0, 0.1) is 0 Å². The van der Waals surface area contributed by atoms with Gasteiger partial charge in [0.2, 0.25) is 0 Å². The Kier molecular flexibility index (Phi) is 5.76. The molecule has 3 heteroatoms. The van der Waals surface area contributed by atoms with Gasteiger partial charge in [-0.1, -0.05) is 32.0 Å². The van der Waals surface area contributed by atoms with Crippen molar-refractivity contribution in [2.75, 3.05) is 6.54 Å². The maximum atomic E-state index is 5.91. The molecule has 0 aliphatic carbocycles. The van der Waals surface area contributed by atoms with Gasteiger partial charge in [0.15, 0.2) is 0 Å². The molecule has 0 aliphatic heterocycles. The molecule has 2 rings (SSSR count). The van der Waals surface area contributed by atoms with E-state index in [9.17, 15) is 0 Å². The first-order valence-corrected chi connectivity index (χ1v) is 7.51. The predicted octanol–water partition coefficient (Wildman–Crippen LogP) is 3.76. The Labute approximate surface area is 127 Å². The number of nitrogens with zero attached hydrogens (tertiary/aromatic N) is 1. The maximum Gasteiger partial charge on any atom is 0.119 e. The highest BCUT2D eigenvalue weighted by molar-refractivity contribution is 5.29. The van der Waals surface area contributed by atoms with E-state index in [0.717, 1.165) is 18.8 Å². The van der Waals surface area contributed by atoms with Crippen molar-refractivity contribution >= 4 is 0 Å². The van der Waals surface area contributed by atoms with Crippen molar-refractivity contribution in [2.45, 2.75) is 39.3 Å². The molecule has 0 aliphatic rings. The summed E-state index contributed by atoms with van der Waals surface area (Å²) in [7, 11) is 0. The highest BCUT2D eigenvalue weighted by Gasteiger charge is 2.05. The summed E-state index contributed by atoms with van der Waals surface area (Å²) in [5.74, 6) is 1.48. The second-order valence-electron chi connectivity index (χ2n) is 5.64. The zero-order valence-electron chi connectivity index (χ0n) is 13.0. The van der Waals surface area contributed by atoms with Gasteiger partial charge in [0, 0.05) is 25.5 Å². The topological polar surface area (TPSA) is 34.2 Å². The third-order valence-electron chi connectivity index (χ3n) is 3.37. The zero-order chi connectivity index (χ0) is 15.1. The average molecular weight is 284 g/mol. The van der Waals surface area contributed by atoms with Crippen LogP contribution >= 0.6 is 0 Å². The van der Waals surface area contributed by atoms with Gasteiger partial charge >= 0.3 is 0 Å². The van der Waals surface area contributed by atoms with Gasteiger partial charge in [-0.25, -0.2) is 0 Å². The average Bonchev–Trinajstić information content (AvgIpc) is 2.49. The molecule has 21 heavy (non-hydrogen) atoms. The van der Waals surface area contributed by atoms with Crippen LogP contribution < -0.4 is 10.1 Å². The van der Waals surface area contributed by atoms with Crippen molar-refractivity contribution in [3.05, 3.63) is 59.9 Å². The molecule has 1 atom stereocenters. The highest BCUT2D eigenvalue weighted by Crippen LogP contribution is 2.19. The van der Waals surface area contributed by atoms with E-state index in [-0.39, 0.29) is 6.10 Å². The van der Waals surface area contributed by atoms with Gasteiger partial charge in [0.25, 0.3) is 0 Å². The predicted molar refractivity (Wildman–Crippen MR) is 86.6 cm³/mol. The van der Waals surface area contributed by atoms with E-state index in [1.165, 1.54) is 11.1 Å². The van der Waals surface area contributed by atoms with Gasteiger partial charge in [0.1, 0.15) is 11.9 Å². The van der Waals surface area contributed by atoms with Crippen LogP contribution in [0.15, 0.2) is 48.8 Å². The number of nitrogens with one attached hydrogen (secondary N) is 1. The number of rotatable bonds is 7. The van der Waals surface area contributed by atoms with Gasteiger partial charge in [-0.15, -0.1) is 0 Å². The number of benzene rings is 1. The van der Waals surface area contributed by atoms with Crippen molar-refractivity contribution in [1.29, 1.82) is 0 Å². The molecule has 1 heterocycles. The minimum atomic E-state index is 0.131. The van der Waals surface area contributed by atoms with Crippen LogP contribution in [0.5, 0.6) is 5.75 Å². The van der Waals surface area contributed by atoms with Gasteiger partial charge in [-0.3, -0.25) is 4.98 Å². The summed E-state index contributed by atoms with van der Waals surface area (Å²) in [6.07, 6.45) is 3.80. The maximum absolute atomic E-state index is 5.91. The van der Waals surface area contributed by atoms with Crippen LogP contribution in [-0.2, 0) is 6.54 Å². The molecular formula is C18H24N2O. The number of ether oxygens (including phenoxy) is 1. The molecule has 1 aromatic carbocycles. The third kappa shape index (κ3) is 5.20. The minimum Gasteiger partial charge on any atom is -0.489 e. The van der Waals surface area contributed by atoms with Gasteiger partial charge < -0.3 is 10.1 Å². The summed E-state index contributed by atoms with van der Waals surface area (Å²) in [6, 6.07) is 12.4. The molecule has 3 nitrogen and oxygen atoms in total. The summed E-state index contributed by atoms with van der Waals surface area (Å²) in [4.78, 5) is 4.10. The molecule has 0 saturated heterocycles. The lowest BCUT2D eigenvalue weighted by atomic mass is 10.0. The van der Waals surface area contributed by atoms with Gasteiger partial charge in [-0.2, -0.15) is 0 Å². The van der Waals surface area contributed by atoms with Crippen molar-refractivity contribution in [2.24, 2.45) is 0 Å². The molecule has 0 fully saturated rings. The van der Waals surface area contributed by atoms with Crippen LogP contribution in [0.25, 0.3) is 0 Å². The first-order valence-electron chi connectivity index (χ1n) is 7.51. The Morgan fingerprint density at radius 3 is 2.48 bits per heavy atom. The normalized spacial score (nSPS) is 12.4. The lowest BCUT2D eigenvalue weighted by Crippen LogP contribution is -2.28. The number of pyridine rings is 1. The van der Waals surface area contributed by atoms with Crippen LogP contribution in [0.1, 0.15) is 37.8 Å². The monoisotopic (exact) mass is 284 g/mol. The minimum absolute atomic E-state index is 0.131. The standard InChI is InChI=1S/C18H24N2O/c1-14(2)17-6-8-18(9-7-17)21-15(3)11-20-13-16-5-4-10-19-12-16/h4-10,12,14-15,20H,11,13H2,1-3H3. The van der Waals surface area contributed by atoms with Crippen molar-refractivity contribution in [1.82, 2.24) is 10.3 Å². The molecule has 1 unspecified atom stereocenters. The third-order valence-corrected chi connectivity index (χ3v) is 3.37. The van der Waals surface area contributed by atoms with Crippen molar-refractivity contribution in [3.8, 4) is 5.75 Å². The fourth-order valence-electron chi connectivity index (χ4n) is 2.13. The summed E-state index contributed by atoms with van der Waals surface area (Å²) < 4.78 is 5.91. The summed E-state index contributed by atoms with van der Waals surface area (Å²) >= 11 is 0. The number of aromatic nitrogens is 1. The molecule has 0 radical (unpaired) electrons. The van der Waals surface area contributed by atoms with Crippen LogP contribution in [0.4, 0.5) is 0 Å². The van der Waals surface area contributed by atoms with E-state index in [4.69, 9.17) is 4.74 Å². The fraction of sp³-hybridized carbons (Fsp3) is 0.389. The molecular weight excluding hydrogens is 260 g/mol. The molecule has 0 amide bonds. The molecule has 2 aromatic rings. The van der Waals surface area contributed by atoms with E-state index in [0.29, 0.717) is 5.92 Å². The van der Waals surface area contributed by atoms with E-state index in [1.54, 1.807) is 6.20 Å². The van der Waals surface area contributed by atoms with E-state index in [2.05, 4.69) is 49.3 Å². The Morgan fingerprint density at radius 2 is 1.86 bits per heavy atom. The summed E-state index contributed by atoms with van der Waals surface area (Å²) in [5.41, 5.74) is 2.52. The quantitative estimate of drug-likeness (QED) is 0.840. The Morgan fingerprint density at radius 1 is 1.10 bits per heavy atom. The summed E-state index contributed by atoms with van der Waals surface area (Å²) in [5, 5.41) is 3.39.